The molecule has 0 radical (unpaired) electrons. The Labute approximate surface area is 121 Å². The zero-order chi connectivity index (χ0) is 13.8. The van der Waals surface area contributed by atoms with Gasteiger partial charge in [-0.05, 0) is 18.9 Å². The number of aliphatic carboxylic acids is 1. The predicted molar refractivity (Wildman–Crippen MR) is 76.9 cm³/mol. The van der Waals surface area contributed by atoms with Gasteiger partial charge in [0.15, 0.2) is 0 Å². The highest BCUT2D eigenvalue weighted by Crippen LogP contribution is 2.34. The van der Waals surface area contributed by atoms with Crippen molar-refractivity contribution in [2.24, 2.45) is 0 Å². The van der Waals surface area contributed by atoms with E-state index in [1.807, 2.05) is 0 Å². The number of allylic oxidation sites excluding steroid dienone is 6. The highest BCUT2D eigenvalue weighted by Gasteiger charge is 2.35. The Balaban J connectivity index is 2.54. The largest absolute Gasteiger partial charge is 0.511 e. The molecule has 6 heteroatoms. The van der Waals surface area contributed by atoms with Crippen LogP contribution in [0, 0.1) is 0 Å². The number of rotatable bonds is 5. The van der Waals surface area contributed by atoms with Crippen LogP contribution in [0.4, 0.5) is 0 Å². The molecule has 1 aliphatic rings. The minimum absolute atomic E-state index is 0.0106. The van der Waals surface area contributed by atoms with E-state index in [0.717, 1.165) is 0 Å². The van der Waals surface area contributed by atoms with Crippen molar-refractivity contribution in [1.82, 2.24) is 0 Å². The minimum atomic E-state index is -0.976. The molecule has 0 fully saturated rings. The van der Waals surface area contributed by atoms with Gasteiger partial charge in [0.1, 0.15) is 16.0 Å². The molecule has 1 rings (SSSR count). The Morgan fingerprint density at radius 1 is 1.67 bits per heavy atom. The zero-order valence-corrected chi connectivity index (χ0v) is 11.9. The topological polar surface area (TPSA) is 57.5 Å². The number of carbonyl (C=O) groups is 1. The van der Waals surface area contributed by atoms with Gasteiger partial charge in [-0.1, -0.05) is 24.3 Å². The lowest BCUT2D eigenvalue weighted by atomic mass is 9.96. The molecule has 0 amide bonds. The van der Waals surface area contributed by atoms with Crippen LogP contribution >= 0.6 is 35.8 Å². The lowest BCUT2D eigenvalue weighted by Gasteiger charge is -2.27. The standard InChI is InChI=1S/C12H14Cl2O3S/c13-10-8(15)4-3-7-12(10,14)6-2-1-5-9(18)11(16)17/h2-4,6-7,9-10,15,18H,1,5H2,(H,16,17). The van der Waals surface area contributed by atoms with E-state index >= 15 is 0 Å². The molecule has 0 aromatic carbocycles. The van der Waals surface area contributed by atoms with E-state index in [4.69, 9.17) is 28.3 Å². The molecule has 0 saturated carbocycles. The van der Waals surface area contributed by atoms with Gasteiger partial charge in [0.05, 0.1) is 5.25 Å². The lowest BCUT2D eigenvalue weighted by molar-refractivity contribution is -0.136. The average Bonchev–Trinajstić information content (AvgIpc) is 2.31. The number of alkyl halides is 2. The number of carboxylic acid groups (broad SMARTS) is 1. The molecular formula is C12H14Cl2O3S. The zero-order valence-electron chi connectivity index (χ0n) is 9.46. The van der Waals surface area contributed by atoms with Crippen LogP contribution in [0.25, 0.3) is 0 Å². The first kappa shape index (κ1) is 15.5. The third kappa shape index (κ3) is 3.97. The first-order valence-corrected chi connectivity index (χ1v) is 6.70. The molecular weight excluding hydrogens is 295 g/mol. The van der Waals surface area contributed by atoms with Gasteiger partial charge in [-0.2, -0.15) is 12.6 Å². The Kier molecular flexibility index (Phi) is 5.63. The number of thiol groups is 1. The van der Waals surface area contributed by atoms with Gasteiger partial charge < -0.3 is 10.2 Å². The van der Waals surface area contributed by atoms with Gasteiger partial charge in [0.2, 0.25) is 0 Å². The van der Waals surface area contributed by atoms with Crippen LogP contribution in [0.1, 0.15) is 12.8 Å². The van der Waals surface area contributed by atoms with Crippen LogP contribution in [0.2, 0.25) is 0 Å². The second-order valence-electron chi connectivity index (χ2n) is 3.97. The molecule has 0 aliphatic heterocycles. The summed E-state index contributed by atoms with van der Waals surface area (Å²) in [4.78, 5) is 9.58. The predicted octanol–water partition coefficient (Wildman–Crippen LogP) is 3.30. The molecule has 0 aromatic heterocycles. The summed E-state index contributed by atoms with van der Waals surface area (Å²) in [6.07, 6.45) is 9.13. The van der Waals surface area contributed by atoms with Crippen LogP contribution in [0.15, 0.2) is 36.1 Å². The maximum atomic E-state index is 10.6. The highest BCUT2D eigenvalue weighted by molar-refractivity contribution is 7.81. The monoisotopic (exact) mass is 308 g/mol. The molecule has 0 saturated heterocycles. The SMILES string of the molecule is O=C(O)C(S)CCC=CC1(Cl)C=CC=C(O)C1Cl. The molecule has 0 aromatic rings. The summed E-state index contributed by atoms with van der Waals surface area (Å²) >= 11 is 16.2. The van der Waals surface area contributed by atoms with Crippen LogP contribution in [-0.2, 0) is 4.79 Å². The molecule has 0 heterocycles. The second kappa shape index (κ2) is 6.55. The summed E-state index contributed by atoms with van der Waals surface area (Å²) in [7, 11) is 0. The summed E-state index contributed by atoms with van der Waals surface area (Å²) in [5, 5.41) is 16.7. The maximum Gasteiger partial charge on any atom is 0.316 e. The Hall–Kier alpha value is -0.580. The van der Waals surface area contributed by atoms with Gasteiger partial charge in [-0.25, -0.2) is 0 Å². The number of halogens is 2. The van der Waals surface area contributed by atoms with E-state index in [0.29, 0.717) is 12.8 Å². The molecule has 1 aliphatic carbocycles. The van der Waals surface area contributed by atoms with Gasteiger partial charge in [-0.3, -0.25) is 4.79 Å². The fourth-order valence-corrected chi connectivity index (χ4v) is 2.11. The van der Waals surface area contributed by atoms with Gasteiger partial charge in [-0.15, -0.1) is 23.2 Å². The molecule has 0 bridgehead atoms. The van der Waals surface area contributed by atoms with Crippen LogP contribution < -0.4 is 0 Å². The normalized spacial score (nSPS) is 29.3. The van der Waals surface area contributed by atoms with E-state index in [9.17, 15) is 9.90 Å². The van der Waals surface area contributed by atoms with Crippen LogP contribution in [0.5, 0.6) is 0 Å². The van der Waals surface area contributed by atoms with E-state index in [1.165, 1.54) is 6.08 Å². The molecule has 18 heavy (non-hydrogen) atoms. The van der Waals surface area contributed by atoms with E-state index in [-0.39, 0.29) is 5.76 Å². The smallest absolute Gasteiger partial charge is 0.316 e. The number of hydrogen-bond donors (Lipinski definition) is 3. The summed E-state index contributed by atoms with van der Waals surface area (Å²) in [5.74, 6) is -0.933. The van der Waals surface area contributed by atoms with Crippen molar-refractivity contribution in [2.75, 3.05) is 0 Å². The van der Waals surface area contributed by atoms with Crippen molar-refractivity contribution < 1.29 is 15.0 Å². The fraction of sp³-hybridized carbons (Fsp3) is 0.417. The Morgan fingerprint density at radius 3 is 2.94 bits per heavy atom. The van der Waals surface area contributed by atoms with Crippen LogP contribution in [-0.4, -0.2) is 31.7 Å². The average molecular weight is 309 g/mol. The third-order valence-corrected chi connectivity index (χ3v) is 4.18. The van der Waals surface area contributed by atoms with E-state index in [2.05, 4.69) is 12.6 Å². The van der Waals surface area contributed by atoms with Crippen LogP contribution in [0.3, 0.4) is 0 Å². The van der Waals surface area contributed by atoms with Crippen molar-refractivity contribution in [3.8, 4) is 0 Å². The first-order valence-electron chi connectivity index (χ1n) is 5.37. The van der Waals surface area contributed by atoms with E-state index < -0.39 is 21.5 Å². The molecule has 100 valence electrons. The molecule has 3 atom stereocenters. The minimum Gasteiger partial charge on any atom is -0.511 e. The lowest BCUT2D eigenvalue weighted by Crippen LogP contribution is -2.31. The molecule has 0 spiro atoms. The number of aliphatic hydroxyl groups is 1. The summed E-state index contributed by atoms with van der Waals surface area (Å²) in [6, 6.07) is 0. The maximum absolute atomic E-state index is 10.6. The summed E-state index contributed by atoms with van der Waals surface area (Å²) < 4.78 is 0. The molecule has 3 unspecified atom stereocenters. The van der Waals surface area contributed by atoms with Crippen molar-refractivity contribution in [3.63, 3.8) is 0 Å². The van der Waals surface area contributed by atoms with Gasteiger partial charge >= 0.3 is 5.97 Å². The number of carboxylic acids is 1. The van der Waals surface area contributed by atoms with Gasteiger partial charge in [0.25, 0.3) is 0 Å². The van der Waals surface area contributed by atoms with Crippen molar-refractivity contribution in [1.29, 1.82) is 0 Å². The Morgan fingerprint density at radius 2 is 2.33 bits per heavy atom. The quantitative estimate of drug-likeness (QED) is 0.415. The first-order chi connectivity index (χ1) is 8.37. The molecule has 3 nitrogen and oxygen atoms in total. The highest BCUT2D eigenvalue weighted by atomic mass is 35.5. The summed E-state index contributed by atoms with van der Waals surface area (Å²) in [5.41, 5.74) is 0. The third-order valence-electron chi connectivity index (χ3n) is 2.53. The second-order valence-corrected chi connectivity index (χ2v) is 5.69. The Bertz CT molecular complexity index is 406. The summed E-state index contributed by atoms with van der Waals surface area (Å²) in [6.45, 7) is 0. The molecule has 2 N–H and O–H groups in total. The van der Waals surface area contributed by atoms with Crippen molar-refractivity contribution in [2.45, 2.75) is 28.3 Å². The van der Waals surface area contributed by atoms with Gasteiger partial charge in [0, 0.05) is 0 Å². The van der Waals surface area contributed by atoms with E-state index in [1.54, 1.807) is 24.3 Å². The van der Waals surface area contributed by atoms with Crippen molar-refractivity contribution in [3.05, 3.63) is 36.1 Å². The number of hydrogen-bond acceptors (Lipinski definition) is 3. The van der Waals surface area contributed by atoms with Crippen molar-refractivity contribution >= 4 is 41.8 Å². The number of aliphatic hydroxyl groups excluding tert-OH is 1. The fourth-order valence-electron chi connectivity index (χ4n) is 1.47.